The summed E-state index contributed by atoms with van der Waals surface area (Å²) in [5, 5.41) is 8.54. The number of benzene rings is 2. The number of amides is 1. The van der Waals surface area contributed by atoms with Crippen LogP contribution in [-0.2, 0) is 20.9 Å². The Morgan fingerprint density at radius 2 is 1.97 bits per heavy atom. The molecule has 1 aliphatic rings. The van der Waals surface area contributed by atoms with Gasteiger partial charge in [-0.25, -0.2) is 4.79 Å². The number of hydrazone groups is 1. The first-order chi connectivity index (χ1) is 14.5. The number of hydrogen-bond acceptors (Lipinski definition) is 6. The van der Waals surface area contributed by atoms with Crippen LogP contribution >= 0.6 is 0 Å². The maximum Gasteiger partial charge on any atom is 0.387 e. The molecule has 1 unspecified atom stereocenters. The van der Waals surface area contributed by atoms with Gasteiger partial charge in [0.2, 0.25) is 5.91 Å². The minimum Gasteiger partial charge on any atom is -0.461 e. The smallest absolute Gasteiger partial charge is 0.387 e. The predicted octanol–water partition coefficient (Wildman–Crippen LogP) is 3.10. The lowest BCUT2D eigenvalue weighted by Crippen LogP contribution is -2.42. The van der Waals surface area contributed by atoms with E-state index in [9.17, 15) is 18.4 Å². The van der Waals surface area contributed by atoms with Crippen molar-refractivity contribution in [3.63, 3.8) is 0 Å². The summed E-state index contributed by atoms with van der Waals surface area (Å²) in [6.07, 6.45) is 0.0914. The summed E-state index contributed by atoms with van der Waals surface area (Å²) >= 11 is 0. The number of rotatable bonds is 8. The Kier molecular flexibility index (Phi) is 6.95. The van der Waals surface area contributed by atoms with Gasteiger partial charge in [-0.3, -0.25) is 9.80 Å². The Morgan fingerprint density at radius 3 is 2.67 bits per heavy atom. The third kappa shape index (κ3) is 5.31. The fraction of sp³-hybridized carbons (Fsp3) is 0.286. The summed E-state index contributed by atoms with van der Waals surface area (Å²) in [5.41, 5.74) is 1.41. The molecule has 9 heteroatoms. The van der Waals surface area contributed by atoms with E-state index in [4.69, 9.17) is 4.74 Å². The van der Waals surface area contributed by atoms with Crippen LogP contribution in [0.25, 0.3) is 0 Å². The highest BCUT2D eigenvalue weighted by molar-refractivity contribution is 6.38. The molecule has 1 atom stereocenters. The number of hydrogen-bond donors (Lipinski definition) is 1. The van der Waals surface area contributed by atoms with Crippen molar-refractivity contribution >= 4 is 23.3 Å². The molecule has 30 heavy (non-hydrogen) atoms. The molecule has 2 aromatic rings. The van der Waals surface area contributed by atoms with E-state index in [2.05, 4.69) is 15.2 Å². The van der Waals surface area contributed by atoms with Crippen molar-refractivity contribution in [1.29, 1.82) is 0 Å². The van der Waals surface area contributed by atoms with Gasteiger partial charge in [0.25, 0.3) is 0 Å². The highest BCUT2D eigenvalue weighted by Gasteiger charge is 2.36. The van der Waals surface area contributed by atoms with Gasteiger partial charge in [-0.15, -0.1) is 0 Å². The minimum absolute atomic E-state index is 0.0106. The molecule has 0 radical (unpaired) electrons. The second-order valence-corrected chi connectivity index (χ2v) is 6.41. The molecule has 1 N–H and O–H groups in total. The zero-order valence-corrected chi connectivity index (χ0v) is 16.3. The molecule has 0 saturated heterocycles. The third-order valence-electron chi connectivity index (χ3n) is 4.34. The van der Waals surface area contributed by atoms with Gasteiger partial charge in [-0.05, 0) is 36.8 Å². The van der Waals surface area contributed by atoms with E-state index >= 15 is 0 Å². The number of para-hydroxylation sites is 1. The highest BCUT2D eigenvalue weighted by Crippen LogP contribution is 2.25. The van der Waals surface area contributed by atoms with Gasteiger partial charge >= 0.3 is 12.6 Å². The monoisotopic (exact) mass is 417 g/mol. The average Bonchev–Trinajstić information content (AvgIpc) is 3.18. The quantitative estimate of drug-likeness (QED) is 0.668. The molecule has 1 aliphatic heterocycles. The molecule has 0 bridgehead atoms. The van der Waals surface area contributed by atoms with Crippen molar-refractivity contribution in [3.05, 3.63) is 60.2 Å². The largest absolute Gasteiger partial charge is 0.461 e. The first-order valence-electron chi connectivity index (χ1n) is 9.38. The molecule has 3 rings (SSSR count). The van der Waals surface area contributed by atoms with Crippen molar-refractivity contribution in [2.24, 2.45) is 5.10 Å². The topological polar surface area (TPSA) is 80.2 Å². The second-order valence-electron chi connectivity index (χ2n) is 6.41. The van der Waals surface area contributed by atoms with Crippen LogP contribution in [0.15, 0.2) is 59.7 Å². The zero-order valence-electron chi connectivity index (χ0n) is 16.3. The number of ether oxygens (including phenoxy) is 2. The van der Waals surface area contributed by atoms with E-state index in [0.717, 1.165) is 0 Å². The van der Waals surface area contributed by atoms with Crippen LogP contribution in [0.2, 0.25) is 0 Å². The van der Waals surface area contributed by atoms with Gasteiger partial charge in [0, 0.05) is 13.0 Å². The summed E-state index contributed by atoms with van der Waals surface area (Å²) in [6, 6.07) is 14.3. The molecule has 158 valence electrons. The van der Waals surface area contributed by atoms with Crippen LogP contribution in [0.3, 0.4) is 0 Å². The number of carbonyl (C=O) groups is 2. The molecular formula is C21H21F2N3O4. The SMILES string of the molecule is CCOC(=O)C1=NN(c2ccccc2)C(C(=O)NCc2cccc(OC(F)F)c2)C1. The molecule has 1 heterocycles. The fourth-order valence-corrected chi connectivity index (χ4v) is 3.01. The summed E-state index contributed by atoms with van der Waals surface area (Å²) in [6.45, 7) is -0.922. The highest BCUT2D eigenvalue weighted by atomic mass is 19.3. The third-order valence-corrected chi connectivity index (χ3v) is 4.34. The number of esters is 1. The van der Waals surface area contributed by atoms with Crippen molar-refractivity contribution < 1.29 is 27.8 Å². The molecule has 0 saturated carbocycles. The molecule has 0 fully saturated rings. The van der Waals surface area contributed by atoms with Crippen LogP contribution in [0.1, 0.15) is 18.9 Å². The number of halogens is 2. The molecule has 0 spiro atoms. The lowest BCUT2D eigenvalue weighted by Gasteiger charge is -2.22. The average molecular weight is 417 g/mol. The van der Waals surface area contributed by atoms with E-state index in [1.807, 2.05) is 6.07 Å². The molecule has 2 aromatic carbocycles. The van der Waals surface area contributed by atoms with Gasteiger partial charge < -0.3 is 14.8 Å². The molecular weight excluding hydrogens is 396 g/mol. The molecule has 0 aliphatic carbocycles. The van der Waals surface area contributed by atoms with Crippen molar-refractivity contribution in [1.82, 2.24) is 5.32 Å². The first-order valence-corrected chi connectivity index (χ1v) is 9.38. The maximum atomic E-state index is 12.9. The van der Waals surface area contributed by atoms with Gasteiger partial charge in [-0.1, -0.05) is 30.3 Å². The Balaban J connectivity index is 1.71. The Bertz CT molecular complexity index is 921. The lowest BCUT2D eigenvalue weighted by atomic mass is 10.1. The first kappa shape index (κ1) is 21.2. The van der Waals surface area contributed by atoms with Crippen LogP contribution in [0.4, 0.5) is 14.5 Å². The maximum absolute atomic E-state index is 12.9. The summed E-state index contributed by atoms with van der Waals surface area (Å²) in [7, 11) is 0. The summed E-state index contributed by atoms with van der Waals surface area (Å²) < 4.78 is 34.2. The standard InChI is InChI=1S/C21H21F2N3O4/c1-2-29-20(28)17-12-18(26(25-17)15-8-4-3-5-9-15)19(27)24-13-14-7-6-10-16(11-14)30-21(22)23/h3-11,18,21H,2,12-13H2,1H3,(H,24,27). The van der Waals surface area contributed by atoms with E-state index < -0.39 is 18.6 Å². The van der Waals surface area contributed by atoms with Crippen LogP contribution in [-0.4, -0.2) is 36.8 Å². The number of carbonyl (C=O) groups excluding carboxylic acids is 2. The van der Waals surface area contributed by atoms with Crippen molar-refractivity contribution in [2.75, 3.05) is 11.6 Å². The van der Waals surface area contributed by atoms with E-state index in [1.54, 1.807) is 43.3 Å². The number of anilines is 1. The normalized spacial score (nSPS) is 15.7. The summed E-state index contributed by atoms with van der Waals surface area (Å²) in [4.78, 5) is 25.0. The van der Waals surface area contributed by atoms with E-state index in [0.29, 0.717) is 11.3 Å². The predicted molar refractivity (Wildman–Crippen MR) is 106 cm³/mol. The molecule has 1 amide bonds. The van der Waals surface area contributed by atoms with Gasteiger partial charge in [0.1, 0.15) is 17.5 Å². The Morgan fingerprint density at radius 1 is 1.20 bits per heavy atom. The van der Waals surface area contributed by atoms with Crippen LogP contribution in [0, 0.1) is 0 Å². The van der Waals surface area contributed by atoms with E-state index in [1.165, 1.54) is 17.1 Å². The van der Waals surface area contributed by atoms with Gasteiger partial charge in [0.15, 0.2) is 0 Å². The lowest BCUT2D eigenvalue weighted by molar-refractivity contribution is -0.135. The van der Waals surface area contributed by atoms with Crippen LogP contribution in [0.5, 0.6) is 5.75 Å². The van der Waals surface area contributed by atoms with Crippen LogP contribution < -0.4 is 15.1 Å². The molecule has 0 aromatic heterocycles. The Labute approximate surface area is 172 Å². The second kappa shape index (κ2) is 9.82. The number of nitrogens with zero attached hydrogens (tertiary/aromatic N) is 2. The van der Waals surface area contributed by atoms with Gasteiger partial charge in [-0.2, -0.15) is 13.9 Å². The zero-order chi connectivity index (χ0) is 21.5. The summed E-state index contributed by atoms with van der Waals surface area (Å²) in [5.74, 6) is -0.913. The minimum atomic E-state index is -2.92. The molecule has 7 nitrogen and oxygen atoms in total. The van der Waals surface area contributed by atoms with Crippen molar-refractivity contribution in [2.45, 2.75) is 32.5 Å². The van der Waals surface area contributed by atoms with Crippen molar-refractivity contribution in [3.8, 4) is 5.75 Å². The fourth-order valence-electron chi connectivity index (χ4n) is 3.01. The Hall–Kier alpha value is -3.49. The van der Waals surface area contributed by atoms with E-state index in [-0.39, 0.29) is 36.9 Å². The number of nitrogens with one attached hydrogen (secondary N) is 1. The number of alkyl halides is 2. The van der Waals surface area contributed by atoms with Gasteiger partial charge in [0.05, 0.1) is 12.3 Å².